The fraction of sp³-hybridized carbons (Fsp3) is 0.194. The maximum atomic E-state index is 13.6. The average molecular weight is 598 g/mol. The normalized spacial score (nSPS) is 17.2. The standard InChI is InChI=1S/C36H32FN7O/c1-24-32-33(25-12-18-29(45-2)19-13-25)43-31-11-7-6-10-30(31)38-35(36(43)39-34(32)44(40-24)28-8-4-3-5-9-28)42-22-20-41(21-23-42)27-16-14-26(37)15-17-27/h3-19,33H,20-23H2,1-2H3/t33-/m1/s1. The van der Waals surface area contributed by atoms with Crippen molar-refractivity contribution in [3.63, 3.8) is 0 Å². The number of methoxy groups -OCH3 is 1. The van der Waals surface area contributed by atoms with Gasteiger partial charge in [-0.15, -0.1) is 0 Å². The lowest BCUT2D eigenvalue weighted by Gasteiger charge is -2.44. The summed E-state index contributed by atoms with van der Waals surface area (Å²) in [6.45, 7) is 5.14. The Morgan fingerprint density at radius 1 is 0.711 bits per heavy atom. The van der Waals surface area contributed by atoms with Crippen LogP contribution in [-0.4, -0.2) is 59.6 Å². The van der Waals surface area contributed by atoms with Crippen LogP contribution in [0.2, 0.25) is 0 Å². The van der Waals surface area contributed by atoms with Gasteiger partial charge in [0.25, 0.3) is 0 Å². The maximum Gasteiger partial charge on any atom is 0.179 e. The minimum absolute atomic E-state index is 0.192. The first-order chi connectivity index (χ1) is 22.1. The van der Waals surface area contributed by atoms with Crippen LogP contribution in [0.15, 0.2) is 113 Å². The molecule has 1 aromatic heterocycles. The number of aryl methyl sites for hydroxylation is 1. The molecule has 0 unspecified atom stereocenters. The highest BCUT2D eigenvalue weighted by Gasteiger charge is 2.43. The zero-order chi connectivity index (χ0) is 30.5. The molecule has 3 aliphatic heterocycles. The number of halogens is 1. The number of hydrogen-bond acceptors (Lipinski definition) is 7. The van der Waals surface area contributed by atoms with Crippen LogP contribution in [-0.2, 0) is 0 Å². The molecule has 1 fully saturated rings. The van der Waals surface area contributed by atoms with Gasteiger partial charge in [0.2, 0.25) is 0 Å². The molecule has 4 aromatic carbocycles. The van der Waals surface area contributed by atoms with E-state index >= 15 is 0 Å². The van der Waals surface area contributed by atoms with E-state index in [4.69, 9.17) is 19.8 Å². The number of piperazine rings is 1. The van der Waals surface area contributed by atoms with E-state index in [1.54, 1.807) is 7.11 Å². The third-order valence-corrected chi connectivity index (χ3v) is 8.82. The molecule has 8 rings (SSSR count). The lowest BCUT2D eigenvalue weighted by molar-refractivity contribution is 0.389. The number of fused-ring (bicyclic) bond motifs is 4. The van der Waals surface area contributed by atoms with Crippen LogP contribution in [0.25, 0.3) is 5.69 Å². The minimum atomic E-state index is -0.223. The van der Waals surface area contributed by atoms with E-state index in [0.29, 0.717) is 0 Å². The number of hydrogen-bond donors (Lipinski definition) is 0. The van der Waals surface area contributed by atoms with E-state index in [1.807, 2.05) is 53.2 Å². The van der Waals surface area contributed by atoms with Crippen LogP contribution in [0, 0.1) is 12.7 Å². The van der Waals surface area contributed by atoms with E-state index in [9.17, 15) is 4.39 Å². The minimum Gasteiger partial charge on any atom is -0.497 e. The molecule has 0 amide bonds. The summed E-state index contributed by atoms with van der Waals surface area (Å²) < 4.78 is 21.1. The molecule has 45 heavy (non-hydrogen) atoms. The topological polar surface area (TPSA) is 61.5 Å². The Morgan fingerprint density at radius 2 is 1.40 bits per heavy atom. The lowest BCUT2D eigenvalue weighted by Crippen LogP contribution is -2.55. The predicted octanol–water partition coefficient (Wildman–Crippen LogP) is 6.83. The van der Waals surface area contributed by atoms with Crippen LogP contribution < -0.4 is 14.5 Å². The number of para-hydroxylation sites is 3. The van der Waals surface area contributed by atoms with Gasteiger partial charge in [-0.3, -0.25) is 0 Å². The van der Waals surface area contributed by atoms with E-state index in [-0.39, 0.29) is 11.9 Å². The monoisotopic (exact) mass is 597 g/mol. The fourth-order valence-electron chi connectivity index (χ4n) is 6.59. The van der Waals surface area contributed by atoms with Crippen molar-refractivity contribution in [1.29, 1.82) is 0 Å². The molecule has 0 bridgehead atoms. The largest absolute Gasteiger partial charge is 0.497 e. The quantitative estimate of drug-likeness (QED) is 0.227. The molecule has 8 nitrogen and oxygen atoms in total. The van der Waals surface area contributed by atoms with E-state index in [1.165, 1.54) is 12.1 Å². The maximum absolute atomic E-state index is 13.6. The molecule has 1 atom stereocenters. The van der Waals surface area contributed by atoms with Crippen LogP contribution in [0.4, 0.5) is 27.3 Å². The smallest absolute Gasteiger partial charge is 0.179 e. The number of anilines is 2. The van der Waals surface area contributed by atoms with Gasteiger partial charge in [0, 0.05) is 37.4 Å². The molecule has 5 aromatic rings. The number of rotatable bonds is 4. The lowest BCUT2D eigenvalue weighted by atomic mass is 9.93. The summed E-state index contributed by atoms with van der Waals surface area (Å²) in [5.41, 5.74) is 6.98. The number of aromatic nitrogens is 2. The highest BCUT2D eigenvalue weighted by atomic mass is 19.1. The van der Waals surface area contributed by atoms with E-state index in [0.717, 1.165) is 89.0 Å². The zero-order valence-corrected chi connectivity index (χ0v) is 25.1. The Hall–Kier alpha value is -5.44. The third-order valence-electron chi connectivity index (χ3n) is 8.82. The summed E-state index contributed by atoms with van der Waals surface area (Å²) in [6, 6.07) is 33.3. The van der Waals surface area contributed by atoms with Gasteiger partial charge in [-0.25, -0.2) is 19.1 Å². The molecular formula is C36H32FN7O. The first kappa shape index (κ1) is 27.1. The highest BCUT2D eigenvalue weighted by Crippen LogP contribution is 2.48. The van der Waals surface area contributed by atoms with Gasteiger partial charge in [0.05, 0.1) is 35.9 Å². The fourth-order valence-corrected chi connectivity index (χ4v) is 6.59. The Labute approximate surface area is 261 Å². The molecule has 4 heterocycles. The second kappa shape index (κ2) is 10.9. The number of ether oxygens (including phenoxy) is 1. The molecule has 9 heteroatoms. The van der Waals surface area contributed by atoms with E-state index in [2.05, 4.69) is 64.1 Å². The SMILES string of the molecule is COc1ccc([C@@H]2c3c(C)nn(-c4ccccc4)c3N=C3C(N4CCN(c5ccc(F)cc5)CC4)=Nc4ccccc4N32)cc1. The Kier molecular flexibility index (Phi) is 6.59. The Bertz CT molecular complexity index is 1930. The number of aliphatic imine (C=N–C) groups is 2. The van der Waals surface area contributed by atoms with Crippen molar-refractivity contribution in [2.75, 3.05) is 43.1 Å². The summed E-state index contributed by atoms with van der Waals surface area (Å²) in [6.07, 6.45) is 0. The van der Waals surface area contributed by atoms with Crippen LogP contribution in [0.5, 0.6) is 5.75 Å². The van der Waals surface area contributed by atoms with Crippen LogP contribution >= 0.6 is 0 Å². The van der Waals surface area contributed by atoms with Crippen molar-refractivity contribution in [3.8, 4) is 11.4 Å². The Morgan fingerprint density at radius 3 is 2.13 bits per heavy atom. The summed E-state index contributed by atoms with van der Waals surface area (Å²) in [4.78, 5) is 17.6. The molecule has 0 radical (unpaired) electrons. The molecular weight excluding hydrogens is 565 g/mol. The number of nitrogens with zero attached hydrogens (tertiary/aromatic N) is 7. The number of benzene rings is 4. The number of amidine groups is 2. The highest BCUT2D eigenvalue weighted by molar-refractivity contribution is 6.48. The summed E-state index contributed by atoms with van der Waals surface area (Å²) in [5, 5.41) is 5.04. The van der Waals surface area contributed by atoms with Crippen molar-refractivity contribution >= 4 is 34.6 Å². The zero-order valence-electron chi connectivity index (χ0n) is 25.1. The van der Waals surface area contributed by atoms with Crippen molar-refractivity contribution in [2.45, 2.75) is 13.0 Å². The third kappa shape index (κ3) is 4.63. The predicted molar refractivity (Wildman–Crippen MR) is 176 cm³/mol. The van der Waals surface area contributed by atoms with Gasteiger partial charge in [0.15, 0.2) is 17.5 Å². The molecule has 0 spiro atoms. The summed E-state index contributed by atoms with van der Waals surface area (Å²) in [5.74, 6) is 3.03. The van der Waals surface area contributed by atoms with Crippen molar-refractivity contribution < 1.29 is 9.13 Å². The molecule has 224 valence electrons. The van der Waals surface area contributed by atoms with E-state index < -0.39 is 0 Å². The van der Waals surface area contributed by atoms with Gasteiger partial charge in [-0.05, 0) is 73.2 Å². The van der Waals surface area contributed by atoms with Gasteiger partial charge >= 0.3 is 0 Å². The molecule has 3 aliphatic rings. The van der Waals surface area contributed by atoms with Crippen molar-refractivity contribution in [1.82, 2.24) is 14.7 Å². The molecule has 0 aliphatic carbocycles. The van der Waals surface area contributed by atoms with Gasteiger partial charge in [0.1, 0.15) is 11.6 Å². The Balaban J connectivity index is 1.27. The van der Waals surface area contributed by atoms with Gasteiger partial charge < -0.3 is 19.4 Å². The second-order valence-electron chi connectivity index (χ2n) is 11.4. The molecule has 0 saturated carbocycles. The summed E-state index contributed by atoms with van der Waals surface area (Å²) in [7, 11) is 1.69. The first-order valence-corrected chi connectivity index (χ1v) is 15.2. The van der Waals surface area contributed by atoms with Crippen molar-refractivity contribution in [3.05, 3.63) is 126 Å². The summed E-state index contributed by atoms with van der Waals surface area (Å²) >= 11 is 0. The molecule has 0 N–H and O–H groups in total. The first-order valence-electron chi connectivity index (χ1n) is 15.2. The van der Waals surface area contributed by atoms with Gasteiger partial charge in [-0.2, -0.15) is 5.10 Å². The second-order valence-corrected chi connectivity index (χ2v) is 11.4. The van der Waals surface area contributed by atoms with Crippen LogP contribution in [0.3, 0.4) is 0 Å². The van der Waals surface area contributed by atoms with Crippen molar-refractivity contribution in [2.24, 2.45) is 9.98 Å². The average Bonchev–Trinajstić information content (AvgIpc) is 3.43. The van der Waals surface area contributed by atoms with Gasteiger partial charge in [-0.1, -0.05) is 42.5 Å². The molecule has 1 saturated heterocycles. The van der Waals surface area contributed by atoms with Crippen LogP contribution in [0.1, 0.15) is 22.9 Å².